The van der Waals surface area contributed by atoms with Crippen molar-refractivity contribution in [1.29, 1.82) is 0 Å². The predicted octanol–water partition coefficient (Wildman–Crippen LogP) is 3.02. The van der Waals surface area contributed by atoms with Gasteiger partial charge < -0.3 is 10.6 Å². The maximum Gasteiger partial charge on any atom is 0.00390 e. The lowest BCUT2D eigenvalue weighted by atomic mass is 9.85. The maximum atomic E-state index is 5.96. The molecule has 0 atom stereocenters. The van der Waals surface area contributed by atoms with Crippen LogP contribution in [0.3, 0.4) is 0 Å². The SMILES string of the molecule is CN(CC1CCCCC1)CC1CCC(N)CC1. The highest BCUT2D eigenvalue weighted by Gasteiger charge is 2.21. The van der Waals surface area contributed by atoms with E-state index in [0.29, 0.717) is 6.04 Å². The molecular weight excluding hydrogens is 208 g/mol. The van der Waals surface area contributed by atoms with Crippen molar-refractivity contribution in [2.24, 2.45) is 17.6 Å². The highest BCUT2D eigenvalue weighted by molar-refractivity contribution is 4.77. The third-order valence-corrected chi connectivity index (χ3v) is 4.76. The first-order valence-electron chi connectivity index (χ1n) is 7.68. The number of hydrogen-bond acceptors (Lipinski definition) is 2. The van der Waals surface area contributed by atoms with Gasteiger partial charge in [0.1, 0.15) is 0 Å². The molecule has 2 aliphatic rings. The molecule has 0 aliphatic heterocycles. The molecule has 2 nitrogen and oxygen atoms in total. The Morgan fingerprint density at radius 1 is 0.824 bits per heavy atom. The van der Waals surface area contributed by atoms with E-state index in [1.165, 1.54) is 70.9 Å². The zero-order chi connectivity index (χ0) is 12.1. The second-order valence-electron chi connectivity index (χ2n) is 6.51. The number of nitrogens with two attached hydrogens (primary N) is 1. The molecule has 17 heavy (non-hydrogen) atoms. The van der Waals surface area contributed by atoms with Gasteiger partial charge in [0.05, 0.1) is 0 Å². The van der Waals surface area contributed by atoms with Gasteiger partial charge in [-0.2, -0.15) is 0 Å². The summed E-state index contributed by atoms with van der Waals surface area (Å²) >= 11 is 0. The molecule has 0 aromatic heterocycles. The molecule has 0 aromatic carbocycles. The van der Waals surface area contributed by atoms with Gasteiger partial charge >= 0.3 is 0 Å². The van der Waals surface area contributed by atoms with Crippen molar-refractivity contribution in [3.05, 3.63) is 0 Å². The van der Waals surface area contributed by atoms with Crippen molar-refractivity contribution in [3.63, 3.8) is 0 Å². The molecule has 2 N–H and O–H groups in total. The van der Waals surface area contributed by atoms with E-state index in [0.717, 1.165) is 11.8 Å². The Labute approximate surface area is 107 Å². The Balaban J connectivity index is 1.64. The minimum Gasteiger partial charge on any atom is -0.328 e. The molecule has 0 unspecified atom stereocenters. The van der Waals surface area contributed by atoms with Gasteiger partial charge in [-0.1, -0.05) is 19.3 Å². The normalized spacial score (nSPS) is 31.9. The number of rotatable bonds is 4. The van der Waals surface area contributed by atoms with Crippen LogP contribution in [0.4, 0.5) is 0 Å². The first-order valence-corrected chi connectivity index (χ1v) is 7.68. The van der Waals surface area contributed by atoms with Gasteiger partial charge in [-0.3, -0.25) is 0 Å². The summed E-state index contributed by atoms with van der Waals surface area (Å²) in [7, 11) is 2.32. The fourth-order valence-corrected chi connectivity index (χ4v) is 3.70. The van der Waals surface area contributed by atoms with E-state index >= 15 is 0 Å². The average molecular weight is 238 g/mol. The van der Waals surface area contributed by atoms with Crippen LogP contribution in [0.15, 0.2) is 0 Å². The van der Waals surface area contributed by atoms with Gasteiger partial charge in [0.2, 0.25) is 0 Å². The highest BCUT2D eigenvalue weighted by atomic mass is 15.1. The summed E-state index contributed by atoms with van der Waals surface area (Å²) in [5.41, 5.74) is 5.96. The third-order valence-electron chi connectivity index (χ3n) is 4.76. The minimum absolute atomic E-state index is 0.495. The second-order valence-corrected chi connectivity index (χ2v) is 6.51. The minimum atomic E-state index is 0.495. The lowest BCUT2D eigenvalue weighted by Crippen LogP contribution is -2.35. The topological polar surface area (TPSA) is 29.3 Å². The third kappa shape index (κ3) is 4.59. The summed E-state index contributed by atoms with van der Waals surface area (Å²) in [6.07, 6.45) is 12.6. The fraction of sp³-hybridized carbons (Fsp3) is 1.00. The van der Waals surface area contributed by atoms with Crippen molar-refractivity contribution in [3.8, 4) is 0 Å². The van der Waals surface area contributed by atoms with Gasteiger partial charge in [-0.25, -0.2) is 0 Å². The van der Waals surface area contributed by atoms with E-state index in [1.807, 2.05) is 0 Å². The highest BCUT2D eigenvalue weighted by Crippen LogP contribution is 2.26. The van der Waals surface area contributed by atoms with Crippen molar-refractivity contribution in [1.82, 2.24) is 4.90 Å². The molecule has 0 aromatic rings. The van der Waals surface area contributed by atoms with Crippen molar-refractivity contribution in [2.75, 3.05) is 20.1 Å². The smallest absolute Gasteiger partial charge is 0.00390 e. The van der Waals surface area contributed by atoms with Crippen molar-refractivity contribution in [2.45, 2.75) is 63.8 Å². The maximum absolute atomic E-state index is 5.96. The molecule has 2 rings (SSSR count). The molecule has 2 saturated carbocycles. The van der Waals surface area contributed by atoms with Crippen LogP contribution in [0.5, 0.6) is 0 Å². The molecule has 2 fully saturated rings. The van der Waals surface area contributed by atoms with Crippen molar-refractivity contribution >= 4 is 0 Å². The van der Waals surface area contributed by atoms with Crippen LogP contribution in [0.1, 0.15) is 57.8 Å². The van der Waals surface area contributed by atoms with Crippen LogP contribution in [-0.2, 0) is 0 Å². The number of nitrogens with zero attached hydrogens (tertiary/aromatic N) is 1. The van der Waals surface area contributed by atoms with E-state index in [-0.39, 0.29) is 0 Å². The molecule has 0 spiro atoms. The molecule has 2 heteroatoms. The summed E-state index contributed by atoms with van der Waals surface area (Å²) < 4.78 is 0. The first-order chi connectivity index (χ1) is 8.24. The van der Waals surface area contributed by atoms with E-state index in [4.69, 9.17) is 5.73 Å². The summed E-state index contributed by atoms with van der Waals surface area (Å²) in [6, 6.07) is 0.495. The Morgan fingerprint density at radius 2 is 1.35 bits per heavy atom. The molecule has 0 radical (unpaired) electrons. The summed E-state index contributed by atoms with van der Waals surface area (Å²) in [5, 5.41) is 0. The van der Waals surface area contributed by atoms with Crippen LogP contribution in [-0.4, -0.2) is 31.1 Å². The van der Waals surface area contributed by atoms with Gasteiger partial charge in [-0.15, -0.1) is 0 Å². The largest absolute Gasteiger partial charge is 0.328 e. The van der Waals surface area contributed by atoms with Crippen LogP contribution in [0, 0.1) is 11.8 Å². The van der Waals surface area contributed by atoms with E-state index in [9.17, 15) is 0 Å². The van der Waals surface area contributed by atoms with Crippen molar-refractivity contribution < 1.29 is 0 Å². The van der Waals surface area contributed by atoms with E-state index in [1.54, 1.807) is 0 Å². The van der Waals surface area contributed by atoms with Gasteiger partial charge in [0.15, 0.2) is 0 Å². The summed E-state index contributed by atoms with van der Waals surface area (Å²) in [6.45, 7) is 2.64. The lowest BCUT2D eigenvalue weighted by Gasteiger charge is -2.32. The standard InChI is InChI=1S/C15H30N2/c1-17(11-13-5-3-2-4-6-13)12-14-7-9-15(16)10-8-14/h13-15H,2-12,16H2,1H3. The predicted molar refractivity (Wildman–Crippen MR) is 74.0 cm³/mol. The second kappa shape index (κ2) is 6.75. The molecule has 100 valence electrons. The molecule has 2 aliphatic carbocycles. The molecule has 0 amide bonds. The molecule has 0 heterocycles. The quantitative estimate of drug-likeness (QED) is 0.816. The molecule has 0 bridgehead atoms. The Kier molecular flexibility index (Phi) is 5.30. The lowest BCUT2D eigenvalue weighted by molar-refractivity contribution is 0.183. The van der Waals surface area contributed by atoms with E-state index < -0.39 is 0 Å². The summed E-state index contributed by atoms with van der Waals surface area (Å²) in [4.78, 5) is 2.59. The first kappa shape index (κ1) is 13.4. The zero-order valence-electron chi connectivity index (χ0n) is 11.5. The van der Waals surface area contributed by atoms with Crippen LogP contribution in [0.25, 0.3) is 0 Å². The fourth-order valence-electron chi connectivity index (χ4n) is 3.70. The Bertz CT molecular complexity index is 203. The Morgan fingerprint density at radius 3 is 1.94 bits per heavy atom. The van der Waals surface area contributed by atoms with Crippen LogP contribution >= 0.6 is 0 Å². The van der Waals surface area contributed by atoms with Crippen LogP contribution < -0.4 is 5.73 Å². The monoisotopic (exact) mass is 238 g/mol. The Hall–Kier alpha value is -0.0800. The van der Waals surface area contributed by atoms with Gasteiger partial charge in [0, 0.05) is 19.1 Å². The van der Waals surface area contributed by atoms with E-state index in [2.05, 4.69) is 11.9 Å². The van der Waals surface area contributed by atoms with Gasteiger partial charge in [0.25, 0.3) is 0 Å². The zero-order valence-corrected chi connectivity index (χ0v) is 11.5. The molecule has 0 saturated heterocycles. The van der Waals surface area contributed by atoms with Crippen LogP contribution in [0.2, 0.25) is 0 Å². The number of hydrogen-bond donors (Lipinski definition) is 1. The average Bonchev–Trinajstić information content (AvgIpc) is 2.33. The summed E-state index contributed by atoms with van der Waals surface area (Å²) in [5.74, 6) is 1.91. The van der Waals surface area contributed by atoms with Gasteiger partial charge in [-0.05, 0) is 57.4 Å². The molecular formula is C15H30N2.